The Morgan fingerprint density at radius 3 is 2.20 bits per heavy atom. The molecule has 0 unspecified atom stereocenters. The van der Waals surface area contributed by atoms with Gasteiger partial charge in [-0.15, -0.1) is 0 Å². The maximum Gasteiger partial charge on any atom is 0.0846 e. The predicted molar refractivity (Wildman–Crippen MR) is 64.3 cm³/mol. The maximum atomic E-state index is 3.28. The van der Waals surface area contributed by atoms with Gasteiger partial charge >= 0.3 is 0 Å². The molecule has 0 atom stereocenters. The molecule has 1 heterocycles. The van der Waals surface area contributed by atoms with Crippen LogP contribution in [0.4, 0.5) is 0 Å². The van der Waals surface area contributed by atoms with Crippen molar-refractivity contribution < 1.29 is 0 Å². The van der Waals surface area contributed by atoms with Crippen molar-refractivity contribution in [1.82, 2.24) is 10.6 Å². The van der Waals surface area contributed by atoms with Crippen LogP contribution in [0.25, 0.3) is 5.70 Å². The molecule has 2 rings (SSSR count). The molecule has 2 heteroatoms. The van der Waals surface area contributed by atoms with Crippen LogP contribution in [-0.2, 0) is 5.41 Å². The van der Waals surface area contributed by atoms with Crippen molar-refractivity contribution in [2.75, 3.05) is 6.67 Å². The quantitative estimate of drug-likeness (QED) is 0.731. The Kier molecular flexibility index (Phi) is 2.43. The molecule has 0 spiro atoms. The lowest BCUT2D eigenvalue weighted by Gasteiger charge is -2.19. The molecule has 0 radical (unpaired) electrons. The summed E-state index contributed by atoms with van der Waals surface area (Å²) in [5, 5.41) is 6.42. The summed E-state index contributed by atoms with van der Waals surface area (Å²) in [4.78, 5) is 0. The molecule has 0 amide bonds. The molecular formula is C13H18N2. The third-order valence-electron chi connectivity index (χ3n) is 2.69. The second kappa shape index (κ2) is 3.61. The Bertz CT molecular complexity index is 369. The SMILES string of the molecule is CC(C)(C)c1ccc(C2=CNCN2)cc1. The first-order chi connectivity index (χ1) is 7.07. The fraction of sp³-hybridized carbons (Fsp3) is 0.385. The first-order valence-electron chi connectivity index (χ1n) is 5.36. The highest BCUT2D eigenvalue weighted by Gasteiger charge is 2.13. The van der Waals surface area contributed by atoms with E-state index in [1.807, 2.05) is 6.20 Å². The zero-order valence-corrected chi connectivity index (χ0v) is 9.59. The number of rotatable bonds is 1. The summed E-state index contributed by atoms with van der Waals surface area (Å²) >= 11 is 0. The molecule has 1 aliphatic heterocycles. The predicted octanol–water partition coefficient (Wildman–Crippen LogP) is 2.43. The van der Waals surface area contributed by atoms with Gasteiger partial charge < -0.3 is 10.6 Å². The van der Waals surface area contributed by atoms with Gasteiger partial charge in [0.25, 0.3) is 0 Å². The van der Waals surface area contributed by atoms with Crippen molar-refractivity contribution in [2.45, 2.75) is 26.2 Å². The van der Waals surface area contributed by atoms with Crippen molar-refractivity contribution in [3.63, 3.8) is 0 Å². The molecule has 1 aromatic rings. The second-order valence-electron chi connectivity index (χ2n) is 4.94. The first kappa shape index (κ1) is 10.1. The highest BCUT2D eigenvalue weighted by molar-refractivity contribution is 5.65. The molecular weight excluding hydrogens is 184 g/mol. The van der Waals surface area contributed by atoms with Crippen LogP contribution in [0, 0.1) is 0 Å². The topological polar surface area (TPSA) is 24.1 Å². The Morgan fingerprint density at radius 2 is 1.73 bits per heavy atom. The van der Waals surface area contributed by atoms with Gasteiger partial charge in [0.2, 0.25) is 0 Å². The molecule has 0 saturated carbocycles. The fourth-order valence-corrected chi connectivity index (χ4v) is 1.69. The van der Waals surface area contributed by atoms with Crippen LogP contribution in [0.3, 0.4) is 0 Å². The zero-order chi connectivity index (χ0) is 10.9. The lowest BCUT2D eigenvalue weighted by Crippen LogP contribution is -2.14. The lowest BCUT2D eigenvalue weighted by molar-refractivity contribution is 0.590. The van der Waals surface area contributed by atoms with E-state index >= 15 is 0 Å². The van der Waals surface area contributed by atoms with Crippen LogP contribution in [0.2, 0.25) is 0 Å². The molecule has 0 saturated heterocycles. The number of hydrogen-bond acceptors (Lipinski definition) is 2. The molecule has 0 fully saturated rings. The lowest BCUT2D eigenvalue weighted by atomic mass is 9.86. The standard InChI is InChI=1S/C13H18N2/c1-13(2,3)11-6-4-10(5-7-11)12-8-14-9-15-12/h4-8,14-15H,9H2,1-3H3. The molecule has 1 aliphatic rings. The maximum absolute atomic E-state index is 3.28. The van der Waals surface area contributed by atoms with Crippen LogP contribution in [0.1, 0.15) is 31.9 Å². The van der Waals surface area contributed by atoms with Crippen LogP contribution < -0.4 is 10.6 Å². The largest absolute Gasteiger partial charge is 0.372 e. The van der Waals surface area contributed by atoms with E-state index in [1.165, 1.54) is 16.8 Å². The van der Waals surface area contributed by atoms with Crippen LogP contribution in [0.15, 0.2) is 30.5 Å². The van der Waals surface area contributed by atoms with Gasteiger partial charge in [0, 0.05) is 6.20 Å². The molecule has 1 aromatic carbocycles. The summed E-state index contributed by atoms with van der Waals surface area (Å²) in [6, 6.07) is 8.76. The zero-order valence-electron chi connectivity index (χ0n) is 9.59. The fourth-order valence-electron chi connectivity index (χ4n) is 1.69. The van der Waals surface area contributed by atoms with Crippen molar-refractivity contribution in [3.05, 3.63) is 41.6 Å². The van der Waals surface area contributed by atoms with Gasteiger partial charge in [-0.1, -0.05) is 45.0 Å². The van der Waals surface area contributed by atoms with Crippen LogP contribution in [-0.4, -0.2) is 6.67 Å². The molecule has 0 bridgehead atoms. The summed E-state index contributed by atoms with van der Waals surface area (Å²) in [5.74, 6) is 0. The second-order valence-corrected chi connectivity index (χ2v) is 4.94. The van der Waals surface area contributed by atoms with Crippen molar-refractivity contribution in [1.29, 1.82) is 0 Å². The Hall–Kier alpha value is -1.44. The van der Waals surface area contributed by atoms with Crippen molar-refractivity contribution >= 4 is 5.70 Å². The Balaban J connectivity index is 2.24. The van der Waals surface area contributed by atoms with Crippen LogP contribution in [0.5, 0.6) is 0 Å². The summed E-state index contributed by atoms with van der Waals surface area (Å²) in [5.41, 5.74) is 4.02. The molecule has 80 valence electrons. The summed E-state index contributed by atoms with van der Waals surface area (Å²) in [6.45, 7) is 7.53. The van der Waals surface area contributed by atoms with E-state index < -0.39 is 0 Å². The Morgan fingerprint density at radius 1 is 1.07 bits per heavy atom. The average Bonchev–Trinajstić information content (AvgIpc) is 2.69. The van der Waals surface area contributed by atoms with Gasteiger partial charge in [0.05, 0.1) is 12.4 Å². The number of benzene rings is 1. The van der Waals surface area contributed by atoms with Crippen LogP contribution >= 0.6 is 0 Å². The average molecular weight is 202 g/mol. The third kappa shape index (κ3) is 2.14. The minimum atomic E-state index is 0.230. The summed E-state index contributed by atoms with van der Waals surface area (Å²) in [7, 11) is 0. The normalized spacial score (nSPS) is 15.5. The van der Waals surface area contributed by atoms with E-state index in [0.717, 1.165) is 6.67 Å². The van der Waals surface area contributed by atoms with E-state index in [0.29, 0.717) is 0 Å². The summed E-state index contributed by atoms with van der Waals surface area (Å²) < 4.78 is 0. The van der Waals surface area contributed by atoms with Crippen molar-refractivity contribution in [3.8, 4) is 0 Å². The number of hydrogen-bond donors (Lipinski definition) is 2. The van der Waals surface area contributed by atoms with Crippen molar-refractivity contribution in [2.24, 2.45) is 0 Å². The minimum Gasteiger partial charge on any atom is -0.372 e. The minimum absolute atomic E-state index is 0.230. The molecule has 0 aromatic heterocycles. The highest BCUT2D eigenvalue weighted by Crippen LogP contribution is 2.23. The van der Waals surface area contributed by atoms with E-state index in [1.54, 1.807) is 0 Å². The molecule has 2 nitrogen and oxygen atoms in total. The van der Waals surface area contributed by atoms with Gasteiger partial charge in [-0.2, -0.15) is 0 Å². The van der Waals surface area contributed by atoms with Gasteiger partial charge in [0.1, 0.15) is 0 Å². The molecule has 15 heavy (non-hydrogen) atoms. The van der Waals surface area contributed by atoms with E-state index in [-0.39, 0.29) is 5.41 Å². The van der Waals surface area contributed by atoms with E-state index in [2.05, 4.69) is 55.7 Å². The van der Waals surface area contributed by atoms with Gasteiger partial charge in [0.15, 0.2) is 0 Å². The monoisotopic (exact) mass is 202 g/mol. The number of nitrogens with one attached hydrogen (secondary N) is 2. The third-order valence-corrected chi connectivity index (χ3v) is 2.69. The highest BCUT2D eigenvalue weighted by atomic mass is 15.1. The van der Waals surface area contributed by atoms with Gasteiger partial charge in [-0.3, -0.25) is 0 Å². The van der Waals surface area contributed by atoms with E-state index in [4.69, 9.17) is 0 Å². The smallest absolute Gasteiger partial charge is 0.0846 e. The Labute approximate surface area is 91.4 Å². The summed E-state index contributed by atoms with van der Waals surface area (Å²) in [6.07, 6.45) is 2.02. The van der Waals surface area contributed by atoms with Gasteiger partial charge in [-0.25, -0.2) is 0 Å². The first-order valence-corrected chi connectivity index (χ1v) is 5.36. The van der Waals surface area contributed by atoms with E-state index in [9.17, 15) is 0 Å². The molecule has 0 aliphatic carbocycles. The molecule has 2 N–H and O–H groups in total. The van der Waals surface area contributed by atoms with Gasteiger partial charge in [-0.05, 0) is 16.5 Å².